The van der Waals surface area contributed by atoms with Gasteiger partial charge in [-0.25, -0.2) is 9.59 Å². The molecule has 3 N–H and O–H groups in total. The third-order valence-electron chi connectivity index (χ3n) is 5.14. The van der Waals surface area contributed by atoms with Gasteiger partial charge < -0.3 is 30.3 Å². The van der Waals surface area contributed by atoms with E-state index in [4.69, 9.17) is 4.74 Å². The molecular weight excluding hydrogens is 432 g/mol. The molecule has 1 aromatic rings. The third-order valence-corrected chi connectivity index (χ3v) is 5.14. The molecule has 1 aliphatic heterocycles. The molecule has 2 rings (SSSR count). The van der Waals surface area contributed by atoms with E-state index in [0.29, 0.717) is 19.4 Å². The Labute approximate surface area is 192 Å². The number of likely N-dealkylation sites (tertiary alicyclic amines) is 1. The van der Waals surface area contributed by atoms with Crippen LogP contribution < -0.4 is 16.0 Å². The number of esters is 1. The summed E-state index contributed by atoms with van der Waals surface area (Å²) in [7, 11) is 1.22. The van der Waals surface area contributed by atoms with Crippen molar-refractivity contribution in [2.75, 3.05) is 20.2 Å². The zero-order chi connectivity index (χ0) is 24.4. The topological polar surface area (TPSA) is 143 Å². The number of hydrogen-bond acceptors (Lipinski definition) is 7. The van der Waals surface area contributed by atoms with Gasteiger partial charge in [0.25, 0.3) is 0 Å². The molecule has 11 heteroatoms. The van der Waals surface area contributed by atoms with Gasteiger partial charge in [-0.1, -0.05) is 30.3 Å². The van der Waals surface area contributed by atoms with Crippen LogP contribution in [0.25, 0.3) is 0 Å². The zero-order valence-corrected chi connectivity index (χ0v) is 19.0. The van der Waals surface area contributed by atoms with Gasteiger partial charge in [-0.3, -0.25) is 14.4 Å². The summed E-state index contributed by atoms with van der Waals surface area (Å²) in [5.41, 5.74) is 0.806. The summed E-state index contributed by atoms with van der Waals surface area (Å²) in [6.07, 6.45) is 0.309. The van der Waals surface area contributed by atoms with Crippen LogP contribution in [-0.4, -0.2) is 73.0 Å². The molecule has 1 saturated heterocycles. The molecule has 4 amide bonds. The Morgan fingerprint density at radius 3 is 2.42 bits per heavy atom. The quantitative estimate of drug-likeness (QED) is 0.441. The fraction of sp³-hybridized carbons (Fsp3) is 0.500. The molecule has 0 unspecified atom stereocenters. The number of nitrogens with one attached hydrogen (secondary N) is 3. The molecule has 3 atom stereocenters. The number of carbonyl (C=O) groups excluding carboxylic acids is 5. The van der Waals surface area contributed by atoms with Crippen LogP contribution in [0.1, 0.15) is 32.3 Å². The number of benzene rings is 1. The molecule has 0 aliphatic carbocycles. The molecule has 1 aromatic carbocycles. The van der Waals surface area contributed by atoms with Crippen molar-refractivity contribution in [1.29, 1.82) is 0 Å². The van der Waals surface area contributed by atoms with Crippen LogP contribution in [0.2, 0.25) is 0 Å². The van der Waals surface area contributed by atoms with Gasteiger partial charge in [0.1, 0.15) is 24.7 Å². The van der Waals surface area contributed by atoms with E-state index in [1.807, 2.05) is 18.2 Å². The molecule has 1 aliphatic rings. The van der Waals surface area contributed by atoms with E-state index >= 15 is 0 Å². The third kappa shape index (κ3) is 7.78. The average Bonchev–Trinajstić information content (AvgIpc) is 3.31. The van der Waals surface area contributed by atoms with Crippen molar-refractivity contribution in [3.8, 4) is 0 Å². The van der Waals surface area contributed by atoms with Crippen molar-refractivity contribution >= 4 is 29.8 Å². The Bertz CT molecular complexity index is 862. The van der Waals surface area contributed by atoms with E-state index in [9.17, 15) is 24.0 Å². The highest BCUT2D eigenvalue weighted by Gasteiger charge is 2.35. The number of carbonyl (C=O) groups is 5. The van der Waals surface area contributed by atoms with Gasteiger partial charge >= 0.3 is 12.1 Å². The molecule has 0 bridgehead atoms. The minimum absolute atomic E-state index is 0.0620. The van der Waals surface area contributed by atoms with Crippen LogP contribution in [-0.2, 0) is 35.3 Å². The molecule has 180 valence electrons. The van der Waals surface area contributed by atoms with Crippen molar-refractivity contribution < 1.29 is 33.4 Å². The number of nitrogens with zero attached hydrogens (tertiary/aromatic N) is 1. The Morgan fingerprint density at radius 1 is 1.06 bits per heavy atom. The van der Waals surface area contributed by atoms with Crippen LogP contribution in [0.3, 0.4) is 0 Å². The maximum atomic E-state index is 12.6. The summed E-state index contributed by atoms with van der Waals surface area (Å²) in [5.74, 6) is -2.05. The highest BCUT2D eigenvalue weighted by Crippen LogP contribution is 2.17. The van der Waals surface area contributed by atoms with Crippen molar-refractivity contribution in [3.05, 3.63) is 35.9 Å². The highest BCUT2D eigenvalue weighted by molar-refractivity contribution is 5.93. The lowest BCUT2D eigenvalue weighted by Gasteiger charge is -2.25. The Hall–Kier alpha value is -3.63. The van der Waals surface area contributed by atoms with Gasteiger partial charge in [0.05, 0.1) is 13.7 Å². The number of alkyl carbamates (subject to hydrolysis) is 1. The lowest BCUT2D eigenvalue weighted by molar-refractivity contribution is -0.145. The number of amides is 4. The second-order valence-corrected chi connectivity index (χ2v) is 7.64. The van der Waals surface area contributed by atoms with Crippen molar-refractivity contribution in [1.82, 2.24) is 20.9 Å². The first-order chi connectivity index (χ1) is 15.7. The van der Waals surface area contributed by atoms with Crippen LogP contribution in [0.5, 0.6) is 0 Å². The number of ether oxygens (including phenoxy) is 2. The fourth-order valence-electron chi connectivity index (χ4n) is 3.31. The second-order valence-electron chi connectivity index (χ2n) is 7.64. The number of hydrogen-bond donors (Lipinski definition) is 3. The van der Waals surface area contributed by atoms with Gasteiger partial charge in [-0.05, 0) is 32.3 Å². The number of rotatable bonds is 9. The predicted octanol–water partition coefficient (Wildman–Crippen LogP) is 0.0862. The van der Waals surface area contributed by atoms with E-state index < -0.39 is 47.9 Å². The lowest BCUT2D eigenvalue weighted by atomic mass is 10.2. The summed E-state index contributed by atoms with van der Waals surface area (Å²) in [6.45, 7) is 3.04. The summed E-state index contributed by atoms with van der Waals surface area (Å²) >= 11 is 0. The van der Waals surface area contributed by atoms with E-state index in [1.165, 1.54) is 25.9 Å². The smallest absolute Gasteiger partial charge is 0.408 e. The van der Waals surface area contributed by atoms with Crippen LogP contribution >= 0.6 is 0 Å². The van der Waals surface area contributed by atoms with Crippen molar-refractivity contribution in [2.45, 2.75) is 51.4 Å². The van der Waals surface area contributed by atoms with Gasteiger partial charge in [-0.2, -0.15) is 0 Å². The van der Waals surface area contributed by atoms with Gasteiger partial charge in [-0.15, -0.1) is 0 Å². The van der Waals surface area contributed by atoms with Gasteiger partial charge in [0.2, 0.25) is 17.7 Å². The monoisotopic (exact) mass is 462 g/mol. The highest BCUT2D eigenvalue weighted by atomic mass is 16.5. The van der Waals surface area contributed by atoms with Crippen LogP contribution in [0.4, 0.5) is 4.79 Å². The number of methoxy groups -OCH3 is 1. The van der Waals surface area contributed by atoms with E-state index in [0.717, 1.165) is 5.56 Å². The largest absolute Gasteiger partial charge is 0.467 e. The first-order valence-corrected chi connectivity index (χ1v) is 10.7. The minimum Gasteiger partial charge on any atom is -0.467 e. The van der Waals surface area contributed by atoms with Gasteiger partial charge in [0.15, 0.2) is 0 Å². The summed E-state index contributed by atoms with van der Waals surface area (Å²) in [6, 6.07) is 6.58. The maximum absolute atomic E-state index is 12.6. The summed E-state index contributed by atoms with van der Waals surface area (Å²) in [5, 5.41) is 7.39. The first kappa shape index (κ1) is 25.6. The fourth-order valence-corrected chi connectivity index (χ4v) is 3.31. The van der Waals surface area contributed by atoms with Crippen molar-refractivity contribution in [3.63, 3.8) is 0 Å². The molecule has 0 saturated carbocycles. The summed E-state index contributed by atoms with van der Waals surface area (Å²) < 4.78 is 9.65. The minimum atomic E-state index is -0.931. The lowest BCUT2D eigenvalue weighted by Crippen LogP contribution is -2.53. The Kier molecular flexibility index (Phi) is 9.64. The first-order valence-electron chi connectivity index (χ1n) is 10.7. The SMILES string of the molecule is COC(=O)[C@H](C)NC(=O)[C@@H]1CCCN1C(=O)CNC(=O)[C@H](C)NC(=O)OCc1ccccc1. The Morgan fingerprint density at radius 2 is 1.76 bits per heavy atom. The van der Waals surface area contributed by atoms with Crippen molar-refractivity contribution in [2.24, 2.45) is 0 Å². The van der Waals surface area contributed by atoms with E-state index in [-0.39, 0.29) is 13.2 Å². The molecule has 0 aromatic heterocycles. The van der Waals surface area contributed by atoms with Gasteiger partial charge in [0, 0.05) is 6.54 Å². The standard InChI is InChI=1S/C22H30N4O7/c1-14(25-22(31)33-13-16-8-5-4-6-9-16)19(28)23-12-18(27)26-11-7-10-17(26)20(29)24-15(2)21(30)32-3/h4-6,8-9,14-15,17H,7,10-13H2,1-3H3,(H,23,28)(H,24,29)(H,25,31)/t14-,15-,17-/m0/s1. The van der Waals surface area contributed by atoms with E-state index in [2.05, 4.69) is 20.7 Å². The molecule has 0 spiro atoms. The van der Waals surface area contributed by atoms with Crippen LogP contribution in [0.15, 0.2) is 30.3 Å². The molecule has 0 radical (unpaired) electrons. The molecule has 1 fully saturated rings. The molecule has 1 heterocycles. The molecular formula is C22H30N4O7. The predicted molar refractivity (Wildman–Crippen MR) is 117 cm³/mol. The Balaban J connectivity index is 1.77. The second kappa shape index (κ2) is 12.4. The normalized spacial score (nSPS) is 16.8. The maximum Gasteiger partial charge on any atom is 0.408 e. The zero-order valence-electron chi connectivity index (χ0n) is 19.0. The average molecular weight is 463 g/mol. The molecule has 33 heavy (non-hydrogen) atoms. The van der Waals surface area contributed by atoms with Crippen LogP contribution in [0, 0.1) is 0 Å². The summed E-state index contributed by atoms with van der Waals surface area (Å²) in [4.78, 5) is 62.1. The molecule has 11 nitrogen and oxygen atoms in total. The van der Waals surface area contributed by atoms with E-state index in [1.54, 1.807) is 12.1 Å².